The quantitative estimate of drug-likeness (QED) is 0.905. The summed E-state index contributed by atoms with van der Waals surface area (Å²) in [5.41, 5.74) is 1.00. The van der Waals surface area contributed by atoms with Crippen molar-refractivity contribution in [3.05, 3.63) is 47.5 Å². The van der Waals surface area contributed by atoms with Gasteiger partial charge in [-0.25, -0.2) is 9.07 Å². The zero-order valence-electron chi connectivity index (χ0n) is 13.6. The highest BCUT2D eigenvalue weighted by atomic mass is 19.1. The third-order valence-electron chi connectivity index (χ3n) is 4.47. The van der Waals surface area contributed by atoms with E-state index in [-0.39, 0.29) is 29.4 Å². The summed E-state index contributed by atoms with van der Waals surface area (Å²) >= 11 is 0. The van der Waals surface area contributed by atoms with Crippen LogP contribution < -0.4 is 0 Å². The molecule has 1 heterocycles. The molecule has 3 rings (SSSR count). The van der Waals surface area contributed by atoms with E-state index in [2.05, 4.69) is 10.3 Å². The van der Waals surface area contributed by atoms with Crippen LogP contribution in [0.5, 0.6) is 0 Å². The summed E-state index contributed by atoms with van der Waals surface area (Å²) < 4.78 is 14.7. The van der Waals surface area contributed by atoms with Crippen LogP contribution >= 0.6 is 0 Å². The highest BCUT2D eigenvalue weighted by Gasteiger charge is 2.28. The van der Waals surface area contributed by atoms with Crippen LogP contribution in [0.25, 0.3) is 0 Å². The van der Waals surface area contributed by atoms with Gasteiger partial charge >= 0.3 is 0 Å². The first-order chi connectivity index (χ1) is 11.5. The van der Waals surface area contributed by atoms with Gasteiger partial charge in [0.1, 0.15) is 5.82 Å². The van der Waals surface area contributed by atoms with E-state index >= 15 is 0 Å². The molecule has 6 nitrogen and oxygen atoms in total. The second-order valence-electron chi connectivity index (χ2n) is 6.38. The van der Waals surface area contributed by atoms with Crippen molar-refractivity contribution in [2.24, 2.45) is 5.92 Å². The number of carbonyl (C=O) groups is 1. The molecule has 0 saturated heterocycles. The molecule has 2 aromatic rings. The van der Waals surface area contributed by atoms with Crippen LogP contribution in [0.3, 0.4) is 0 Å². The molecule has 128 valence electrons. The number of aromatic nitrogens is 3. The van der Waals surface area contributed by atoms with E-state index in [4.69, 9.17) is 0 Å². The fraction of sp³-hybridized carbons (Fsp3) is 0.471. The van der Waals surface area contributed by atoms with Gasteiger partial charge in [-0.3, -0.25) is 4.79 Å². The van der Waals surface area contributed by atoms with Gasteiger partial charge in [0.25, 0.3) is 5.91 Å². The molecule has 1 aromatic heterocycles. The molecule has 1 aliphatic carbocycles. The van der Waals surface area contributed by atoms with E-state index in [9.17, 15) is 14.3 Å². The molecule has 2 atom stereocenters. The Morgan fingerprint density at radius 1 is 1.46 bits per heavy atom. The van der Waals surface area contributed by atoms with Crippen molar-refractivity contribution in [3.63, 3.8) is 0 Å². The van der Waals surface area contributed by atoms with Crippen molar-refractivity contribution in [2.45, 2.75) is 31.9 Å². The molecule has 1 fully saturated rings. The van der Waals surface area contributed by atoms with Crippen LogP contribution in [0.1, 0.15) is 35.3 Å². The zero-order valence-corrected chi connectivity index (χ0v) is 13.6. The van der Waals surface area contributed by atoms with Crippen molar-refractivity contribution in [2.75, 3.05) is 13.6 Å². The number of aliphatic hydroxyl groups is 1. The summed E-state index contributed by atoms with van der Waals surface area (Å²) in [4.78, 5) is 14.0. The summed E-state index contributed by atoms with van der Waals surface area (Å²) in [6, 6.07) is 6.23. The van der Waals surface area contributed by atoms with E-state index in [1.54, 1.807) is 30.3 Å². The Balaban J connectivity index is 1.62. The minimum Gasteiger partial charge on any atom is -0.393 e. The van der Waals surface area contributed by atoms with Gasteiger partial charge in [-0.1, -0.05) is 23.8 Å². The van der Waals surface area contributed by atoms with Crippen molar-refractivity contribution < 1.29 is 14.3 Å². The normalized spacial score (nSPS) is 20.3. The molecule has 1 saturated carbocycles. The number of aliphatic hydroxyl groups excluding tert-OH is 1. The van der Waals surface area contributed by atoms with Crippen molar-refractivity contribution in [3.8, 4) is 0 Å². The van der Waals surface area contributed by atoms with Gasteiger partial charge in [-0.05, 0) is 30.5 Å². The summed E-state index contributed by atoms with van der Waals surface area (Å²) in [6.45, 7) is 0.861. The molecule has 1 aromatic carbocycles. The maximum Gasteiger partial charge on any atom is 0.275 e. The fourth-order valence-electron chi connectivity index (χ4n) is 3.16. The van der Waals surface area contributed by atoms with Crippen molar-refractivity contribution in [1.29, 1.82) is 0 Å². The lowest BCUT2D eigenvalue weighted by Gasteiger charge is -2.22. The number of rotatable bonds is 5. The third kappa shape index (κ3) is 3.79. The first-order valence-corrected chi connectivity index (χ1v) is 8.11. The first kappa shape index (κ1) is 16.6. The highest BCUT2D eigenvalue weighted by molar-refractivity contribution is 5.91. The maximum absolute atomic E-state index is 13.2. The van der Waals surface area contributed by atoms with Gasteiger partial charge in [0, 0.05) is 19.5 Å². The molecule has 0 aliphatic heterocycles. The SMILES string of the molecule is CN(CC1CCCC1O)C(=O)c1cn(Cc2cccc(F)c2)nn1. The molecule has 1 aliphatic rings. The summed E-state index contributed by atoms with van der Waals surface area (Å²) in [7, 11) is 1.71. The Hall–Kier alpha value is -2.28. The molecular formula is C17H21FN4O2. The van der Waals surface area contributed by atoms with Crippen molar-refractivity contribution >= 4 is 5.91 Å². The molecule has 0 spiro atoms. The van der Waals surface area contributed by atoms with Crippen molar-refractivity contribution in [1.82, 2.24) is 19.9 Å². The first-order valence-electron chi connectivity index (χ1n) is 8.11. The van der Waals surface area contributed by atoms with Gasteiger partial charge in [0.2, 0.25) is 0 Å². The van der Waals surface area contributed by atoms with Gasteiger partial charge in [0.15, 0.2) is 5.69 Å². The number of halogens is 1. The lowest BCUT2D eigenvalue weighted by molar-refractivity contribution is 0.0688. The van der Waals surface area contributed by atoms with E-state index in [0.717, 1.165) is 24.8 Å². The summed E-state index contributed by atoms with van der Waals surface area (Å²) in [5, 5.41) is 17.7. The van der Waals surface area contributed by atoms with Crippen LogP contribution in [0, 0.1) is 11.7 Å². The van der Waals surface area contributed by atoms with Crippen LogP contribution in [0.4, 0.5) is 4.39 Å². The van der Waals surface area contributed by atoms with Gasteiger partial charge < -0.3 is 10.0 Å². The molecule has 24 heavy (non-hydrogen) atoms. The fourth-order valence-corrected chi connectivity index (χ4v) is 3.16. The Labute approximate surface area is 139 Å². The zero-order chi connectivity index (χ0) is 17.1. The Morgan fingerprint density at radius 3 is 3.00 bits per heavy atom. The minimum atomic E-state index is -0.330. The lowest BCUT2D eigenvalue weighted by atomic mass is 10.1. The minimum absolute atomic E-state index is 0.126. The predicted molar refractivity (Wildman–Crippen MR) is 85.8 cm³/mol. The molecule has 7 heteroatoms. The average Bonchev–Trinajstić information content (AvgIpc) is 3.16. The second-order valence-corrected chi connectivity index (χ2v) is 6.38. The molecule has 1 amide bonds. The van der Waals surface area contributed by atoms with Crippen LogP contribution in [-0.4, -0.2) is 50.6 Å². The Morgan fingerprint density at radius 2 is 2.29 bits per heavy atom. The molecular weight excluding hydrogens is 311 g/mol. The van der Waals surface area contributed by atoms with E-state index in [1.165, 1.54) is 16.8 Å². The highest BCUT2D eigenvalue weighted by Crippen LogP contribution is 2.26. The molecule has 1 N–H and O–H groups in total. The smallest absolute Gasteiger partial charge is 0.275 e. The van der Waals surface area contributed by atoms with Gasteiger partial charge in [0.05, 0.1) is 18.8 Å². The van der Waals surface area contributed by atoms with E-state index in [0.29, 0.717) is 13.1 Å². The van der Waals surface area contributed by atoms with Crippen LogP contribution in [0.15, 0.2) is 30.5 Å². The van der Waals surface area contributed by atoms with Gasteiger partial charge in [-0.15, -0.1) is 5.10 Å². The van der Waals surface area contributed by atoms with E-state index in [1.807, 2.05) is 0 Å². The molecule has 2 unspecified atom stereocenters. The average molecular weight is 332 g/mol. The summed E-state index contributed by atoms with van der Waals surface area (Å²) in [6.07, 6.45) is 3.97. The molecule has 0 bridgehead atoms. The monoisotopic (exact) mass is 332 g/mol. The van der Waals surface area contributed by atoms with Crippen LogP contribution in [0.2, 0.25) is 0 Å². The van der Waals surface area contributed by atoms with Crippen LogP contribution in [-0.2, 0) is 6.54 Å². The molecule has 0 radical (unpaired) electrons. The number of nitrogens with zero attached hydrogens (tertiary/aromatic N) is 4. The largest absolute Gasteiger partial charge is 0.393 e. The van der Waals surface area contributed by atoms with Gasteiger partial charge in [-0.2, -0.15) is 0 Å². The topological polar surface area (TPSA) is 71.2 Å². The Kier molecular flexibility index (Phi) is 4.89. The number of carbonyl (C=O) groups excluding carboxylic acids is 1. The summed E-state index contributed by atoms with van der Waals surface area (Å²) in [5.74, 6) is -0.403. The number of amides is 1. The number of hydrogen-bond acceptors (Lipinski definition) is 4. The number of benzene rings is 1. The Bertz CT molecular complexity index is 718. The third-order valence-corrected chi connectivity index (χ3v) is 4.47. The standard InChI is InChI=1S/C17H21FN4O2/c1-21(10-13-5-3-7-16(13)23)17(24)15-11-22(20-19-15)9-12-4-2-6-14(18)8-12/h2,4,6,8,11,13,16,23H,3,5,7,9-10H2,1H3. The maximum atomic E-state index is 13.2. The lowest BCUT2D eigenvalue weighted by Crippen LogP contribution is -2.34. The number of hydrogen-bond donors (Lipinski definition) is 1. The predicted octanol–water partition coefficient (Wildman–Crippen LogP) is 1.70. The second kappa shape index (κ2) is 7.09. The van der Waals surface area contributed by atoms with E-state index < -0.39 is 0 Å².